The van der Waals surface area contributed by atoms with Gasteiger partial charge in [0, 0.05) is 18.6 Å². The van der Waals surface area contributed by atoms with Gasteiger partial charge in [-0.15, -0.1) is 0 Å². The third-order valence-corrected chi connectivity index (χ3v) is 3.00. The molecule has 1 aromatic carbocycles. The fourth-order valence-electron chi connectivity index (χ4n) is 2.30. The Bertz CT molecular complexity index is 388. The number of anilines is 2. The summed E-state index contributed by atoms with van der Waals surface area (Å²) in [6, 6.07) is 6.19. The summed E-state index contributed by atoms with van der Waals surface area (Å²) in [5.41, 5.74) is 2.43. The van der Waals surface area contributed by atoms with Gasteiger partial charge in [0.25, 0.3) is 0 Å². The van der Waals surface area contributed by atoms with Crippen LogP contribution in [0.2, 0.25) is 0 Å². The van der Waals surface area contributed by atoms with Crippen LogP contribution in [0.15, 0.2) is 18.2 Å². The van der Waals surface area contributed by atoms with E-state index in [1.165, 1.54) is 5.69 Å². The van der Waals surface area contributed by atoms with Crippen LogP contribution in [-0.2, 0) is 0 Å². The van der Waals surface area contributed by atoms with Crippen LogP contribution in [0.1, 0.15) is 20.8 Å². The molecule has 3 nitrogen and oxygen atoms in total. The maximum atomic E-state index is 5.41. The zero-order valence-electron chi connectivity index (χ0n) is 10.5. The molecule has 0 amide bonds. The average Bonchev–Trinajstić information content (AvgIpc) is 2.26. The van der Waals surface area contributed by atoms with Crippen molar-refractivity contribution in [1.29, 1.82) is 0 Å². The first-order chi connectivity index (χ1) is 7.57. The number of rotatable bonds is 2. The Kier molecular flexibility index (Phi) is 2.70. The molecule has 1 aliphatic heterocycles. The van der Waals surface area contributed by atoms with Crippen LogP contribution in [0.4, 0.5) is 11.4 Å². The Hall–Kier alpha value is -1.38. The van der Waals surface area contributed by atoms with Crippen LogP contribution in [0, 0.1) is 0 Å². The summed E-state index contributed by atoms with van der Waals surface area (Å²) >= 11 is 0. The van der Waals surface area contributed by atoms with Crippen molar-refractivity contribution in [3.05, 3.63) is 18.2 Å². The number of hydrogen-bond donors (Lipinski definition) is 1. The largest absolute Gasteiger partial charge is 0.495 e. The number of ether oxygens (including phenoxy) is 1. The first kappa shape index (κ1) is 11.1. The highest BCUT2D eigenvalue weighted by molar-refractivity contribution is 5.79. The summed E-state index contributed by atoms with van der Waals surface area (Å²) in [7, 11) is 1.72. The average molecular weight is 220 g/mol. The zero-order valence-corrected chi connectivity index (χ0v) is 10.5. The Morgan fingerprint density at radius 3 is 2.81 bits per heavy atom. The molecule has 0 aromatic heterocycles. The minimum Gasteiger partial charge on any atom is -0.495 e. The number of nitrogens with one attached hydrogen (secondary N) is 1. The van der Waals surface area contributed by atoms with E-state index in [0.717, 1.165) is 24.5 Å². The van der Waals surface area contributed by atoms with E-state index in [0.29, 0.717) is 0 Å². The van der Waals surface area contributed by atoms with Gasteiger partial charge < -0.3 is 15.0 Å². The first-order valence-electron chi connectivity index (χ1n) is 5.77. The smallest absolute Gasteiger partial charge is 0.144 e. The maximum absolute atomic E-state index is 5.41. The van der Waals surface area contributed by atoms with E-state index in [-0.39, 0.29) is 5.54 Å². The van der Waals surface area contributed by atoms with Crippen molar-refractivity contribution < 1.29 is 4.74 Å². The van der Waals surface area contributed by atoms with Crippen molar-refractivity contribution in [2.24, 2.45) is 0 Å². The number of likely N-dealkylation sites (N-methyl/N-ethyl adjacent to an activating group) is 1. The minimum atomic E-state index is 0.0810. The predicted molar refractivity (Wildman–Crippen MR) is 68.6 cm³/mol. The molecule has 0 bridgehead atoms. The van der Waals surface area contributed by atoms with Crippen molar-refractivity contribution in [2.45, 2.75) is 26.3 Å². The lowest BCUT2D eigenvalue weighted by Gasteiger charge is -2.42. The maximum Gasteiger partial charge on any atom is 0.144 e. The van der Waals surface area contributed by atoms with E-state index in [9.17, 15) is 0 Å². The monoisotopic (exact) mass is 220 g/mol. The first-order valence-corrected chi connectivity index (χ1v) is 5.77. The van der Waals surface area contributed by atoms with E-state index < -0.39 is 0 Å². The quantitative estimate of drug-likeness (QED) is 0.829. The second-order valence-corrected chi connectivity index (χ2v) is 4.88. The molecule has 1 aliphatic rings. The molecule has 88 valence electrons. The zero-order chi connectivity index (χ0) is 11.8. The van der Waals surface area contributed by atoms with E-state index in [1.54, 1.807) is 7.11 Å². The van der Waals surface area contributed by atoms with Gasteiger partial charge in [0.05, 0.1) is 12.8 Å². The number of para-hydroxylation sites is 1. The second kappa shape index (κ2) is 3.89. The highest BCUT2D eigenvalue weighted by atomic mass is 16.5. The van der Waals surface area contributed by atoms with Gasteiger partial charge in [-0.3, -0.25) is 0 Å². The molecule has 3 heteroatoms. The van der Waals surface area contributed by atoms with Crippen molar-refractivity contribution in [2.75, 3.05) is 30.4 Å². The Morgan fingerprint density at radius 2 is 2.19 bits per heavy atom. The van der Waals surface area contributed by atoms with Crippen LogP contribution >= 0.6 is 0 Å². The number of hydrogen-bond acceptors (Lipinski definition) is 3. The molecular formula is C13H20N2O. The summed E-state index contributed by atoms with van der Waals surface area (Å²) < 4.78 is 5.41. The van der Waals surface area contributed by atoms with Gasteiger partial charge in [0.15, 0.2) is 0 Å². The highest BCUT2D eigenvalue weighted by Crippen LogP contribution is 2.40. The molecule has 0 saturated carbocycles. The second-order valence-electron chi connectivity index (χ2n) is 4.88. The molecule has 0 aliphatic carbocycles. The SMILES string of the molecule is CCN1CC(C)(C)Nc2c(OC)cccc21. The fourth-order valence-corrected chi connectivity index (χ4v) is 2.30. The van der Waals surface area contributed by atoms with Gasteiger partial charge in [0.1, 0.15) is 11.4 Å². The summed E-state index contributed by atoms with van der Waals surface area (Å²) in [6.07, 6.45) is 0. The molecular weight excluding hydrogens is 200 g/mol. The van der Waals surface area contributed by atoms with Gasteiger partial charge in [-0.1, -0.05) is 6.07 Å². The summed E-state index contributed by atoms with van der Waals surface area (Å²) in [6.45, 7) is 8.65. The summed E-state index contributed by atoms with van der Waals surface area (Å²) in [5, 5.41) is 3.55. The van der Waals surface area contributed by atoms with Crippen LogP contribution in [-0.4, -0.2) is 25.7 Å². The van der Waals surface area contributed by atoms with Crippen molar-refractivity contribution in [3.63, 3.8) is 0 Å². The van der Waals surface area contributed by atoms with Crippen LogP contribution in [0.25, 0.3) is 0 Å². The summed E-state index contributed by atoms with van der Waals surface area (Å²) in [5.74, 6) is 0.920. The van der Waals surface area contributed by atoms with E-state index >= 15 is 0 Å². The molecule has 0 unspecified atom stereocenters. The Morgan fingerprint density at radius 1 is 1.44 bits per heavy atom. The van der Waals surface area contributed by atoms with Crippen molar-refractivity contribution >= 4 is 11.4 Å². The molecule has 0 radical (unpaired) electrons. The van der Waals surface area contributed by atoms with Gasteiger partial charge in [-0.2, -0.15) is 0 Å². The Labute approximate surface area is 97.4 Å². The predicted octanol–water partition coefficient (Wildman–Crippen LogP) is 2.73. The molecule has 0 fully saturated rings. The third-order valence-electron chi connectivity index (χ3n) is 3.00. The number of benzene rings is 1. The van der Waals surface area contributed by atoms with Crippen LogP contribution in [0.5, 0.6) is 5.75 Å². The number of methoxy groups -OCH3 is 1. The standard InChI is InChI=1S/C13H20N2O/c1-5-15-9-13(2,3)14-12-10(15)7-6-8-11(12)16-4/h6-8,14H,5,9H2,1-4H3. The lowest BCUT2D eigenvalue weighted by molar-refractivity contribution is 0.412. The minimum absolute atomic E-state index is 0.0810. The Balaban J connectivity index is 2.49. The van der Waals surface area contributed by atoms with E-state index in [2.05, 4.69) is 37.1 Å². The molecule has 16 heavy (non-hydrogen) atoms. The molecule has 0 atom stereocenters. The van der Waals surface area contributed by atoms with Crippen LogP contribution in [0.3, 0.4) is 0 Å². The lowest BCUT2D eigenvalue weighted by Crippen LogP contribution is -2.48. The van der Waals surface area contributed by atoms with Crippen molar-refractivity contribution in [3.8, 4) is 5.75 Å². The molecule has 0 spiro atoms. The van der Waals surface area contributed by atoms with Gasteiger partial charge in [-0.25, -0.2) is 0 Å². The molecule has 1 aromatic rings. The normalized spacial score (nSPS) is 17.6. The fraction of sp³-hybridized carbons (Fsp3) is 0.538. The van der Waals surface area contributed by atoms with Crippen molar-refractivity contribution in [1.82, 2.24) is 0 Å². The van der Waals surface area contributed by atoms with Gasteiger partial charge in [-0.05, 0) is 32.9 Å². The van der Waals surface area contributed by atoms with E-state index in [1.807, 2.05) is 12.1 Å². The van der Waals surface area contributed by atoms with Gasteiger partial charge >= 0.3 is 0 Å². The molecule has 0 saturated heterocycles. The van der Waals surface area contributed by atoms with Gasteiger partial charge in [0.2, 0.25) is 0 Å². The molecule has 2 rings (SSSR count). The third kappa shape index (κ3) is 1.82. The molecule has 1 heterocycles. The number of fused-ring (bicyclic) bond motifs is 1. The van der Waals surface area contributed by atoms with Crippen LogP contribution < -0.4 is 15.0 Å². The molecule has 1 N–H and O–H groups in total. The lowest BCUT2D eigenvalue weighted by atomic mass is 9.99. The topological polar surface area (TPSA) is 24.5 Å². The van der Waals surface area contributed by atoms with E-state index in [4.69, 9.17) is 4.74 Å². The number of nitrogens with zero attached hydrogens (tertiary/aromatic N) is 1. The highest BCUT2D eigenvalue weighted by Gasteiger charge is 2.30. The summed E-state index contributed by atoms with van der Waals surface area (Å²) in [4.78, 5) is 2.38.